The Morgan fingerprint density at radius 3 is 1.21 bits per heavy atom. The Balaban J connectivity index is 2.36. The molecular formula is C53H105NO11S. The highest BCUT2D eigenvalue weighted by Gasteiger charge is 2.48. The molecule has 1 fully saturated rings. The molecule has 0 aliphatic carbocycles. The third kappa shape index (κ3) is 36.1. The summed E-state index contributed by atoms with van der Waals surface area (Å²) in [4.78, 5) is 13.1. The van der Waals surface area contributed by atoms with Crippen LogP contribution in [0.15, 0.2) is 0 Å². The van der Waals surface area contributed by atoms with E-state index in [2.05, 4.69) is 23.3 Å². The smallest absolute Gasteiger partial charge is 0.394 e. The zero-order valence-electron chi connectivity index (χ0n) is 42.5. The van der Waals surface area contributed by atoms with E-state index in [0.717, 1.165) is 51.4 Å². The van der Waals surface area contributed by atoms with Gasteiger partial charge >= 0.3 is 10.4 Å². The second-order valence-electron chi connectivity index (χ2n) is 19.9. The summed E-state index contributed by atoms with van der Waals surface area (Å²) in [7, 11) is -5.08. The Labute approximate surface area is 405 Å². The normalized spacial score (nSPS) is 19.9. The summed E-state index contributed by atoms with van der Waals surface area (Å²) in [6, 6.07) is -0.852. The summed E-state index contributed by atoms with van der Waals surface area (Å²) in [5, 5.41) is 45.1. The lowest BCUT2D eigenvalue weighted by atomic mass is 9.99. The van der Waals surface area contributed by atoms with E-state index in [9.17, 15) is 38.2 Å². The van der Waals surface area contributed by atoms with Crippen molar-refractivity contribution in [3.05, 3.63) is 0 Å². The van der Waals surface area contributed by atoms with Crippen LogP contribution < -0.4 is 5.32 Å². The van der Waals surface area contributed by atoms with E-state index in [1.165, 1.54) is 199 Å². The number of amides is 1. The number of hydrogen-bond acceptors (Lipinski definition) is 10. The Morgan fingerprint density at radius 2 is 0.879 bits per heavy atom. The average Bonchev–Trinajstić information content (AvgIpc) is 3.29. The number of unbranched alkanes of at least 4 members (excludes halogenated alkanes) is 37. The highest BCUT2D eigenvalue weighted by atomic mass is 32.3. The van der Waals surface area contributed by atoms with Crippen molar-refractivity contribution in [2.75, 3.05) is 13.2 Å². The first-order valence-electron chi connectivity index (χ1n) is 27.9. The molecule has 0 saturated carbocycles. The lowest BCUT2D eigenvalue weighted by molar-refractivity contribution is -0.298. The molecule has 0 radical (unpaired) electrons. The largest absolute Gasteiger partial charge is 0.397 e. The molecule has 7 atom stereocenters. The van der Waals surface area contributed by atoms with Crippen molar-refractivity contribution in [3.63, 3.8) is 0 Å². The van der Waals surface area contributed by atoms with Gasteiger partial charge in [-0.1, -0.05) is 258 Å². The van der Waals surface area contributed by atoms with Crippen molar-refractivity contribution in [2.24, 2.45) is 0 Å². The van der Waals surface area contributed by atoms with Gasteiger partial charge in [-0.25, -0.2) is 4.18 Å². The molecule has 1 aliphatic rings. The van der Waals surface area contributed by atoms with E-state index in [4.69, 9.17) is 9.47 Å². The first kappa shape index (κ1) is 63.1. The predicted octanol–water partition coefficient (Wildman–Crippen LogP) is 12.5. The summed E-state index contributed by atoms with van der Waals surface area (Å²) < 4.78 is 47.9. The highest BCUT2D eigenvalue weighted by molar-refractivity contribution is 7.80. The quantitative estimate of drug-likeness (QED) is 0.0251. The van der Waals surface area contributed by atoms with Crippen LogP contribution in [0.25, 0.3) is 0 Å². The third-order valence-corrected chi connectivity index (χ3v) is 14.1. The van der Waals surface area contributed by atoms with Gasteiger partial charge in [-0.15, -0.1) is 0 Å². The molecular weight excluding hydrogens is 859 g/mol. The van der Waals surface area contributed by atoms with E-state index >= 15 is 0 Å². The van der Waals surface area contributed by atoms with Crippen molar-refractivity contribution in [2.45, 2.75) is 320 Å². The fourth-order valence-electron chi connectivity index (χ4n) is 9.35. The number of carbonyl (C=O) groups excluding carboxylic acids is 1. The standard InChI is InChI=1S/C53H105NO11S/c1-3-5-7-9-11-13-15-17-19-21-22-23-24-25-27-29-31-33-35-37-39-41-43-49(57)54-46(45-63-53-51(59)52(65-66(60,61)62)50(58)48(44-55)64-53)47(56)42-40-38-36-34-32-30-28-26-20-18-16-14-12-10-8-6-4-2/h46-48,50-53,55-56,58-59H,3-45H2,1-2H3,(H,54,57)(H,60,61,62). The van der Waals surface area contributed by atoms with Gasteiger partial charge < -0.3 is 35.2 Å². The summed E-state index contributed by atoms with van der Waals surface area (Å²) in [5.74, 6) is -0.223. The zero-order chi connectivity index (χ0) is 48.4. The number of ether oxygens (including phenoxy) is 2. The van der Waals surface area contributed by atoms with Gasteiger partial charge in [0.25, 0.3) is 0 Å². The Bertz CT molecular complexity index is 1180. The molecule has 1 aliphatic heterocycles. The molecule has 0 spiro atoms. The van der Waals surface area contributed by atoms with Crippen LogP contribution in [0.1, 0.15) is 277 Å². The Hall–Kier alpha value is -0.900. The molecule has 12 nitrogen and oxygen atoms in total. The summed E-state index contributed by atoms with van der Waals surface area (Å²) >= 11 is 0. The van der Waals surface area contributed by atoms with E-state index in [0.29, 0.717) is 12.8 Å². The highest BCUT2D eigenvalue weighted by Crippen LogP contribution is 2.26. The van der Waals surface area contributed by atoms with Crippen LogP contribution >= 0.6 is 0 Å². The molecule has 0 bridgehead atoms. The van der Waals surface area contributed by atoms with Crippen LogP contribution in [0, 0.1) is 0 Å². The second kappa shape index (κ2) is 44.1. The van der Waals surface area contributed by atoms with Crippen molar-refractivity contribution < 1.29 is 51.8 Å². The number of carbonyl (C=O) groups is 1. The van der Waals surface area contributed by atoms with Crippen LogP contribution in [0.2, 0.25) is 0 Å². The molecule has 13 heteroatoms. The van der Waals surface area contributed by atoms with E-state index < -0.39 is 59.9 Å². The van der Waals surface area contributed by atoms with E-state index in [1.807, 2.05) is 0 Å². The molecule has 6 N–H and O–H groups in total. The molecule has 394 valence electrons. The maximum Gasteiger partial charge on any atom is 0.397 e. The summed E-state index contributed by atoms with van der Waals surface area (Å²) in [5.41, 5.74) is 0. The molecule has 66 heavy (non-hydrogen) atoms. The van der Waals surface area contributed by atoms with Gasteiger partial charge in [0, 0.05) is 6.42 Å². The zero-order valence-corrected chi connectivity index (χ0v) is 43.4. The molecule has 1 rings (SSSR count). The predicted molar refractivity (Wildman–Crippen MR) is 269 cm³/mol. The van der Waals surface area contributed by atoms with Crippen molar-refractivity contribution in [1.29, 1.82) is 0 Å². The van der Waals surface area contributed by atoms with Crippen LogP contribution in [-0.2, 0) is 28.9 Å². The molecule has 0 aromatic carbocycles. The lowest BCUT2D eigenvalue weighted by Crippen LogP contribution is -2.61. The number of aliphatic hydroxyl groups excluding tert-OH is 4. The number of aliphatic hydroxyl groups is 4. The maximum atomic E-state index is 13.1. The van der Waals surface area contributed by atoms with E-state index in [1.54, 1.807) is 0 Å². The van der Waals surface area contributed by atoms with Crippen LogP contribution in [0.3, 0.4) is 0 Å². The second-order valence-corrected chi connectivity index (χ2v) is 20.9. The first-order chi connectivity index (χ1) is 32.0. The molecule has 0 aromatic rings. The lowest BCUT2D eigenvalue weighted by Gasteiger charge is -2.41. The van der Waals surface area contributed by atoms with Gasteiger partial charge in [-0.2, -0.15) is 8.42 Å². The average molecular weight is 964 g/mol. The first-order valence-corrected chi connectivity index (χ1v) is 29.3. The fraction of sp³-hybridized carbons (Fsp3) is 0.981. The van der Waals surface area contributed by atoms with Crippen LogP contribution in [0.5, 0.6) is 0 Å². The topological polar surface area (TPSA) is 192 Å². The Morgan fingerprint density at radius 1 is 0.545 bits per heavy atom. The molecule has 1 heterocycles. The minimum absolute atomic E-state index is 0.223. The van der Waals surface area contributed by atoms with Crippen molar-refractivity contribution >= 4 is 16.3 Å². The molecule has 0 aromatic heterocycles. The van der Waals surface area contributed by atoms with E-state index in [-0.39, 0.29) is 12.5 Å². The Kier molecular flexibility index (Phi) is 42.1. The van der Waals surface area contributed by atoms with Gasteiger partial charge in [0.05, 0.1) is 25.4 Å². The van der Waals surface area contributed by atoms with Gasteiger partial charge in [0.1, 0.15) is 24.4 Å². The van der Waals surface area contributed by atoms with Gasteiger partial charge in [-0.3, -0.25) is 9.35 Å². The minimum Gasteiger partial charge on any atom is -0.394 e. The van der Waals surface area contributed by atoms with Crippen molar-refractivity contribution in [3.8, 4) is 0 Å². The van der Waals surface area contributed by atoms with Crippen LogP contribution in [0.4, 0.5) is 0 Å². The number of rotatable bonds is 49. The molecule has 1 saturated heterocycles. The summed E-state index contributed by atoms with van der Waals surface area (Å²) in [6.07, 6.45) is 41.0. The van der Waals surface area contributed by atoms with Gasteiger partial charge in [0.15, 0.2) is 6.29 Å². The number of hydrogen-bond donors (Lipinski definition) is 6. The monoisotopic (exact) mass is 964 g/mol. The summed E-state index contributed by atoms with van der Waals surface area (Å²) in [6.45, 7) is 3.50. The van der Waals surface area contributed by atoms with Crippen molar-refractivity contribution in [1.82, 2.24) is 5.32 Å². The molecule has 1 amide bonds. The van der Waals surface area contributed by atoms with Gasteiger partial charge in [-0.05, 0) is 12.8 Å². The number of nitrogens with one attached hydrogen (secondary N) is 1. The third-order valence-electron chi connectivity index (χ3n) is 13.7. The van der Waals surface area contributed by atoms with Gasteiger partial charge in [0.2, 0.25) is 5.91 Å². The fourth-order valence-corrected chi connectivity index (χ4v) is 9.85. The SMILES string of the molecule is CCCCCCCCCCCCCCCCCCCCCCCCC(=O)NC(COC1OC(CO)C(O)C(OS(=O)(=O)O)C1O)C(O)CCCCCCCCCCCCCCCCCCC. The maximum absolute atomic E-state index is 13.1. The minimum atomic E-state index is -5.08. The molecule has 7 unspecified atom stereocenters. The van der Waals surface area contributed by atoms with Crippen LogP contribution in [-0.4, -0.2) is 95.4 Å².